The number of rotatable bonds is 4. The maximum absolute atomic E-state index is 6.32. The van der Waals surface area contributed by atoms with E-state index >= 15 is 0 Å². The van der Waals surface area contributed by atoms with Crippen molar-refractivity contribution in [1.82, 2.24) is 0 Å². The maximum atomic E-state index is 6.32. The largest absolute Gasteiger partial charge is 0.398 e. The Hall–Kier alpha value is -2.74. The molecule has 0 fully saturated rings. The molecular formula is C24H28N2. The highest BCUT2D eigenvalue weighted by molar-refractivity contribution is 5.57. The molecule has 0 aliphatic carbocycles. The van der Waals surface area contributed by atoms with Crippen LogP contribution in [-0.4, -0.2) is 0 Å². The molecule has 3 rings (SSSR count). The minimum Gasteiger partial charge on any atom is -0.398 e. The Balaban J connectivity index is 2.05. The zero-order valence-corrected chi connectivity index (χ0v) is 16.1. The van der Waals surface area contributed by atoms with Crippen molar-refractivity contribution in [3.05, 3.63) is 94.0 Å². The minimum atomic E-state index is 0.223. The SMILES string of the molecule is Cc1ccc(C(C)c2ccccc2C(C)c2ccc(C)cc2N)c(N)c1. The van der Waals surface area contributed by atoms with Crippen LogP contribution in [-0.2, 0) is 0 Å². The normalized spacial score (nSPS) is 13.4. The number of hydrogen-bond acceptors (Lipinski definition) is 2. The summed E-state index contributed by atoms with van der Waals surface area (Å²) < 4.78 is 0. The number of nitrogen functional groups attached to an aromatic ring is 2. The van der Waals surface area contributed by atoms with Gasteiger partial charge in [-0.15, -0.1) is 0 Å². The number of aryl methyl sites for hydroxylation is 2. The summed E-state index contributed by atoms with van der Waals surface area (Å²) in [6.07, 6.45) is 0. The molecule has 2 nitrogen and oxygen atoms in total. The molecule has 0 aliphatic rings. The fraction of sp³-hybridized carbons (Fsp3) is 0.250. The molecule has 0 spiro atoms. The molecule has 0 radical (unpaired) electrons. The van der Waals surface area contributed by atoms with Gasteiger partial charge >= 0.3 is 0 Å². The first kappa shape index (κ1) is 18.1. The van der Waals surface area contributed by atoms with Gasteiger partial charge in [0.05, 0.1) is 0 Å². The summed E-state index contributed by atoms with van der Waals surface area (Å²) >= 11 is 0. The second kappa shape index (κ2) is 7.25. The molecule has 2 unspecified atom stereocenters. The average molecular weight is 345 g/mol. The third-order valence-electron chi connectivity index (χ3n) is 5.35. The van der Waals surface area contributed by atoms with Crippen molar-refractivity contribution in [2.45, 2.75) is 39.5 Å². The van der Waals surface area contributed by atoms with E-state index in [0.717, 1.165) is 11.4 Å². The summed E-state index contributed by atoms with van der Waals surface area (Å²) in [5.41, 5.74) is 21.7. The van der Waals surface area contributed by atoms with Crippen LogP contribution in [0.15, 0.2) is 60.7 Å². The molecule has 3 aromatic carbocycles. The van der Waals surface area contributed by atoms with Crippen molar-refractivity contribution in [3.8, 4) is 0 Å². The molecule has 26 heavy (non-hydrogen) atoms. The first-order valence-corrected chi connectivity index (χ1v) is 9.19. The molecule has 0 amide bonds. The highest BCUT2D eigenvalue weighted by Crippen LogP contribution is 2.37. The van der Waals surface area contributed by atoms with Crippen molar-refractivity contribution < 1.29 is 0 Å². The third-order valence-corrected chi connectivity index (χ3v) is 5.35. The molecule has 0 saturated carbocycles. The van der Waals surface area contributed by atoms with E-state index in [-0.39, 0.29) is 11.8 Å². The van der Waals surface area contributed by atoms with Crippen LogP contribution < -0.4 is 11.5 Å². The second-order valence-electron chi connectivity index (χ2n) is 7.34. The van der Waals surface area contributed by atoms with Crippen LogP contribution in [0.1, 0.15) is 59.1 Å². The van der Waals surface area contributed by atoms with Gasteiger partial charge < -0.3 is 11.5 Å². The van der Waals surface area contributed by atoms with E-state index in [9.17, 15) is 0 Å². The average Bonchev–Trinajstić information content (AvgIpc) is 2.61. The molecule has 4 N–H and O–H groups in total. The standard InChI is InChI=1S/C24H28N2/c1-15-9-11-21(23(25)13-15)17(3)19-7-5-6-8-20(19)18(4)22-12-10-16(2)14-24(22)26/h5-14,17-18H,25-26H2,1-4H3. The Morgan fingerprint density at radius 1 is 0.577 bits per heavy atom. The first-order chi connectivity index (χ1) is 12.4. The van der Waals surface area contributed by atoms with Crippen LogP contribution in [0.3, 0.4) is 0 Å². The Labute approximate surface area is 156 Å². The monoisotopic (exact) mass is 344 g/mol. The minimum absolute atomic E-state index is 0.223. The molecule has 3 aromatic rings. The van der Waals surface area contributed by atoms with Crippen LogP contribution in [0.2, 0.25) is 0 Å². The van der Waals surface area contributed by atoms with E-state index in [4.69, 9.17) is 11.5 Å². The molecule has 0 saturated heterocycles. The summed E-state index contributed by atoms with van der Waals surface area (Å²) in [4.78, 5) is 0. The van der Waals surface area contributed by atoms with E-state index in [1.165, 1.54) is 33.4 Å². The predicted molar refractivity (Wildman–Crippen MR) is 113 cm³/mol. The Kier molecular flexibility index (Phi) is 5.03. The van der Waals surface area contributed by atoms with Crippen molar-refractivity contribution in [3.63, 3.8) is 0 Å². The lowest BCUT2D eigenvalue weighted by Gasteiger charge is -2.23. The lowest BCUT2D eigenvalue weighted by atomic mass is 9.82. The lowest BCUT2D eigenvalue weighted by molar-refractivity contribution is 0.845. The zero-order chi connectivity index (χ0) is 18.8. The lowest BCUT2D eigenvalue weighted by Crippen LogP contribution is -2.08. The highest BCUT2D eigenvalue weighted by atomic mass is 14.6. The molecule has 0 aliphatic heterocycles. The Morgan fingerprint density at radius 3 is 1.31 bits per heavy atom. The van der Waals surface area contributed by atoms with Crippen LogP contribution in [0.5, 0.6) is 0 Å². The number of hydrogen-bond donors (Lipinski definition) is 2. The van der Waals surface area contributed by atoms with Gasteiger partial charge in [0.25, 0.3) is 0 Å². The molecule has 0 aromatic heterocycles. The molecule has 0 bridgehead atoms. The van der Waals surface area contributed by atoms with Crippen LogP contribution in [0.25, 0.3) is 0 Å². The molecule has 0 heterocycles. The predicted octanol–water partition coefficient (Wildman–Crippen LogP) is 5.77. The Morgan fingerprint density at radius 2 is 0.962 bits per heavy atom. The molecular weight excluding hydrogens is 316 g/mol. The summed E-state index contributed by atoms with van der Waals surface area (Å²) in [6.45, 7) is 8.60. The van der Waals surface area contributed by atoms with Gasteiger partial charge in [-0.1, -0.05) is 62.4 Å². The fourth-order valence-corrected chi connectivity index (χ4v) is 3.81. The van der Waals surface area contributed by atoms with Crippen molar-refractivity contribution in [1.29, 1.82) is 0 Å². The van der Waals surface area contributed by atoms with Gasteiger partial charge in [0.1, 0.15) is 0 Å². The van der Waals surface area contributed by atoms with Crippen LogP contribution in [0.4, 0.5) is 11.4 Å². The van der Waals surface area contributed by atoms with Crippen molar-refractivity contribution in [2.24, 2.45) is 0 Å². The van der Waals surface area contributed by atoms with Gasteiger partial charge in [0, 0.05) is 23.2 Å². The van der Waals surface area contributed by atoms with Gasteiger partial charge in [-0.05, 0) is 59.4 Å². The van der Waals surface area contributed by atoms with E-state index in [1.54, 1.807) is 0 Å². The van der Waals surface area contributed by atoms with E-state index in [0.29, 0.717) is 0 Å². The molecule has 134 valence electrons. The van der Waals surface area contributed by atoms with E-state index in [1.807, 2.05) is 0 Å². The smallest absolute Gasteiger partial charge is 0.0355 e. The van der Waals surface area contributed by atoms with E-state index in [2.05, 4.69) is 88.4 Å². The number of nitrogens with two attached hydrogens (primary N) is 2. The van der Waals surface area contributed by atoms with Crippen LogP contribution >= 0.6 is 0 Å². The summed E-state index contributed by atoms with van der Waals surface area (Å²) in [7, 11) is 0. The topological polar surface area (TPSA) is 52.0 Å². The summed E-state index contributed by atoms with van der Waals surface area (Å²) in [5, 5.41) is 0. The van der Waals surface area contributed by atoms with Crippen molar-refractivity contribution >= 4 is 11.4 Å². The molecule has 2 atom stereocenters. The van der Waals surface area contributed by atoms with Gasteiger partial charge in [-0.2, -0.15) is 0 Å². The Bertz CT molecular complexity index is 851. The second-order valence-corrected chi connectivity index (χ2v) is 7.34. The first-order valence-electron chi connectivity index (χ1n) is 9.19. The third kappa shape index (κ3) is 3.45. The zero-order valence-electron chi connectivity index (χ0n) is 16.1. The van der Waals surface area contributed by atoms with Gasteiger partial charge in [-0.3, -0.25) is 0 Å². The van der Waals surface area contributed by atoms with Gasteiger partial charge in [0.15, 0.2) is 0 Å². The maximum Gasteiger partial charge on any atom is 0.0355 e. The van der Waals surface area contributed by atoms with Gasteiger partial charge in [-0.25, -0.2) is 0 Å². The summed E-state index contributed by atoms with van der Waals surface area (Å²) in [5.74, 6) is 0.446. The van der Waals surface area contributed by atoms with Crippen LogP contribution in [0, 0.1) is 13.8 Å². The molecule has 2 heteroatoms. The number of benzene rings is 3. The van der Waals surface area contributed by atoms with Gasteiger partial charge in [0.2, 0.25) is 0 Å². The van der Waals surface area contributed by atoms with E-state index < -0.39 is 0 Å². The fourth-order valence-electron chi connectivity index (χ4n) is 3.81. The van der Waals surface area contributed by atoms with Crippen molar-refractivity contribution in [2.75, 3.05) is 11.5 Å². The number of anilines is 2. The highest BCUT2D eigenvalue weighted by Gasteiger charge is 2.20. The quantitative estimate of drug-likeness (QED) is 0.590. The summed E-state index contributed by atoms with van der Waals surface area (Å²) in [6, 6.07) is 21.3.